The van der Waals surface area contributed by atoms with Gasteiger partial charge in [0.25, 0.3) is 0 Å². The Morgan fingerprint density at radius 1 is 0.938 bits per heavy atom. The molecule has 1 amide bonds. The number of benzene rings is 2. The molecule has 32 heavy (non-hydrogen) atoms. The average Bonchev–Trinajstić information content (AvgIpc) is 2.81. The Morgan fingerprint density at radius 2 is 1.66 bits per heavy atom. The first-order valence-electron chi connectivity index (χ1n) is 11.5. The third kappa shape index (κ3) is 5.05. The molecule has 2 aliphatic rings. The van der Waals surface area contributed by atoms with E-state index in [1.807, 2.05) is 43.0 Å². The van der Waals surface area contributed by atoms with Gasteiger partial charge in [-0.05, 0) is 62.1 Å². The zero-order valence-corrected chi connectivity index (χ0v) is 19.9. The van der Waals surface area contributed by atoms with Crippen LogP contribution in [-0.4, -0.2) is 67.7 Å². The van der Waals surface area contributed by atoms with Crippen molar-refractivity contribution in [3.05, 3.63) is 65.2 Å². The maximum atomic E-state index is 13.2. The lowest BCUT2D eigenvalue weighted by Gasteiger charge is -2.38. The van der Waals surface area contributed by atoms with Gasteiger partial charge in [0.05, 0.1) is 10.8 Å². The van der Waals surface area contributed by atoms with Crippen molar-refractivity contribution < 1.29 is 13.2 Å². The zero-order chi connectivity index (χ0) is 22.7. The Morgan fingerprint density at radius 3 is 2.34 bits per heavy atom. The molecule has 172 valence electrons. The predicted octanol–water partition coefficient (Wildman–Crippen LogP) is 3.05. The van der Waals surface area contributed by atoms with Gasteiger partial charge in [-0.1, -0.05) is 36.4 Å². The molecule has 0 saturated carbocycles. The Balaban J connectivity index is 1.34. The number of carbonyl (C=O) groups excluding carboxylic acids is 1. The lowest BCUT2D eigenvalue weighted by Crippen LogP contribution is -2.53. The van der Waals surface area contributed by atoms with Crippen LogP contribution in [0.5, 0.6) is 0 Å². The second-order valence-corrected chi connectivity index (χ2v) is 11.0. The number of aryl methyl sites for hydroxylation is 2. The summed E-state index contributed by atoms with van der Waals surface area (Å²) in [7, 11) is -3.53. The number of carbonyl (C=O) groups is 1. The molecule has 0 bridgehead atoms. The molecular formula is C25H33N3O3S. The monoisotopic (exact) mass is 455 g/mol. The van der Waals surface area contributed by atoms with E-state index in [0.29, 0.717) is 31.1 Å². The minimum absolute atomic E-state index is 0.00429. The van der Waals surface area contributed by atoms with Gasteiger partial charge in [0.15, 0.2) is 0 Å². The summed E-state index contributed by atoms with van der Waals surface area (Å²) >= 11 is 0. The number of amides is 1. The number of piperidine rings is 1. The van der Waals surface area contributed by atoms with Crippen LogP contribution >= 0.6 is 0 Å². The van der Waals surface area contributed by atoms with E-state index < -0.39 is 10.0 Å². The number of hydrogen-bond acceptors (Lipinski definition) is 4. The van der Waals surface area contributed by atoms with Gasteiger partial charge in [-0.2, -0.15) is 4.31 Å². The van der Waals surface area contributed by atoms with E-state index in [-0.39, 0.29) is 11.8 Å². The van der Waals surface area contributed by atoms with Crippen molar-refractivity contribution in [2.75, 3.05) is 39.3 Å². The molecule has 4 rings (SSSR count). The number of hydrogen-bond donors (Lipinski definition) is 0. The predicted molar refractivity (Wildman–Crippen MR) is 126 cm³/mol. The summed E-state index contributed by atoms with van der Waals surface area (Å²) in [4.78, 5) is 17.8. The molecule has 2 aromatic rings. The Kier molecular flexibility index (Phi) is 6.98. The van der Waals surface area contributed by atoms with Crippen LogP contribution in [0, 0.1) is 19.8 Å². The third-order valence-electron chi connectivity index (χ3n) is 6.77. The van der Waals surface area contributed by atoms with Crippen molar-refractivity contribution in [1.82, 2.24) is 14.1 Å². The van der Waals surface area contributed by atoms with Crippen molar-refractivity contribution in [3.63, 3.8) is 0 Å². The largest absolute Gasteiger partial charge is 0.340 e. The highest BCUT2D eigenvalue weighted by molar-refractivity contribution is 7.89. The Bertz CT molecular complexity index is 1050. The fraction of sp³-hybridized carbons (Fsp3) is 0.480. The first kappa shape index (κ1) is 23.0. The molecule has 0 N–H and O–H groups in total. The van der Waals surface area contributed by atoms with E-state index in [1.165, 1.54) is 9.87 Å². The third-order valence-corrected chi connectivity index (χ3v) is 8.66. The summed E-state index contributed by atoms with van der Waals surface area (Å²) in [5.74, 6) is 0.168. The van der Waals surface area contributed by atoms with Gasteiger partial charge in [-0.25, -0.2) is 8.42 Å². The Hall–Kier alpha value is -2.22. The molecule has 1 unspecified atom stereocenters. The van der Waals surface area contributed by atoms with Crippen LogP contribution in [0.1, 0.15) is 29.5 Å². The summed E-state index contributed by atoms with van der Waals surface area (Å²) < 4.78 is 27.6. The minimum atomic E-state index is -3.53. The maximum absolute atomic E-state index is 13.2. The topological polar surface area (TPSA) is 60.9 Å². The van der Waals surface area contributed by atoms with Gasteiger partial charge >= 0.3 is 0 Å². The quantitative estimate of drug-likeness (QED) is 0.695. The van der Waals surface area contributed by atoms with E-state index in [0.717, 1.165) is 43.6 Å². The highest BCUT2D eigenvalue weighted by atomic mass is 32.2. The van der Waals surface area contributed by atoms with Crippen LogP contribution in [0.3, 0.4) is 0 Å². The first-order valence-corrected chi connectivity index (χ1v) is 12.9. The number of likely N-dealkylation sites (tertiary alicyclic amines) is 1. The highest BCUT2D eigenvalue weighted by Crippen LogP contribution is 2.24. The van der Waals surface area contributed by atoms with Gasteiger partial charge in [0.1, 0.15) is 0 Å². The summed E-state index contributed by atoms with van der Waals surface area (Å²) in [6.07, 6.45) is 1.93. The number of nitrogens with zero attached hydrogens (tertiary/aromatic N) is 3. The molecule has 2 saturated heterocycles. The number of piperazine rings is 1. The van der Waals surface area contributed by atoms with Crippen LogP contribution in [0.4, 0.5) is 0 Å². The second kappa shape index (κ2) is 9.73. The molecule has 1 atom stereocenters. The fourth-order valence-electron chi connectivity index (χ4n) is 4.67. The summed E-state index contributed by atoms with van der Waals surface area (Å²) in [6, 6.07) is 15.6. The molecule has 2 heterocycles. The molecule has 0 spiro atoms. The number of rotatable bonds is 5. The van der Waals surface area contributed by atoms with E-state index in [4.69, 9.17) is 0 Å². The molecular weight excluding hydrogens is 422 g/mol. The average molecular weight is 456 g/mol. The van der Waals surface area contributed by atoms with Crippen LogP contribution in [0.15, 0.2) is 53.4 Å². The maximum Gasteiger partial charge on any atom is 0.243 e. The van der Waals surface area contributed by atoms with Crippen molar-refractivity contribution in [3.8, 4) is 0 Å². The normalized spacial score (nSPS) is 20.9. The van der Waals surface area contributed by atoms with Crippen LogP contribution in [0.25, 0.3) is 0 Å². The van der Waals surface area contributed by atoms with Gasteiger partial charge in [0.2, 0.25) is 15.9 Å². The van der Waals surface area contributed by atoms with Crippen LogP contribution in [-0.2, 0) is 21.4 Å². The van der Waals surface area contributed by atoms with Crippen LogP contribution < -0.4 is 0 Å². The summed E-state index contributed by atoms with van der Waals surface area (Å²) in [6.45, 7) is 8.17. The molecule has 2 aliphatic heterocycles. The van der Waals surface area contributed by atoms with Gasteiger partial charge < -0.3 is 4.90 Å². The van der Waals surface area contributed by atoms with E-state index in [1.54, 1.807) is 12.1 Å². The molecule has 2 aromatic carbocycles. The van der Waals surface area contributed by atoms with Crippen molar-refractivity contribution in [1.29, 1.82) is 0 Å². The standard InChI is InChI=1S/C25H33N3O3S/c1-20-10-11-24(17-21(20)2)32(30,31)28-15-13-27(14-16-28)25(29)23-9-6-12-26(19-23)18-22-7-4-3-5-8-22/h3-5,7-8,10-11,17,23H,6,9,12-16,18-19H2,1-2H3. The molecule has 2 fully saturated rings. The number of sulfonamides is 1. The Labute approximate surface area is 191 Å². The molecule has 0 radical (unpaired) electrons. The van der Waals surface area contributed by atoms with E-state index in [2.05, 4.69) is 17.0 Å². The van der Waals surface area contributed by atoms with Crippen molar-refractivity contribution in [2.24, 2.45) is 5.92 Å². The minimum Gasteiger partial charge on any atom is -0.340 e. The second-order valence-electron chi connectivity index (χ2n) is 9.04. The molecule has 6 nitrogen and oxygen atoms in total. The van der Waals surface area contributed by atoms with Gasteiger partial charge in [-0.15, -0.1) is 0 Å². The smallest absolute Gasteiger partial charge is 0.243 e. The highest BCUT2D eigenvalue weighted by Gasteiger charge is 2.34. The summed E-state index contributed by atoms with van der Waals surface area (Å²) in [5, 5.41) is 0. The van der Waals surface area contributed by atoms with Gasteiger partial charge in [-0.3, -0.25) is 9.69 Å². The zero-order valence-electron chi connectivity index (χ0n) is 19.0. The molecule has 0 aromatic heterocycles. The summed E-state index contributed by atoms with van der Waals surface area (Å²) in [5.41, 5.74) is 3.32. The van der Waals surface area contributed by atoms with Crippen molar-refractivity contribution >= 4 is 15.9 Å². The van der Waals surface area contributed by atoms with Crippen molar-refractivity contribution in [2.45, 2.75) is 38.1 Å². The van der Waals surface area contributed by atoms with E-state index in [9.17, 15) is 13.2 Å². The lowest BCUT2D eigenvalue weighted by atomic mass is 9.95. The molecule has 0 aliphatic carbocycles. The first-order chi connectivity index (χ1) is 15.3. The van der Waals surface area contributed by atoms with Crippen LogP contribution in [0.2, 0.25) is 0 Å². The molecule has 7 heteroatoms. The van der Waals surface area contributed by atoms with Gasteiger partial charge in [0, 0.05) is 39.3 Å². The lowest BCUT2D eigenvalue weighted by molar-refractivity contribution is -0.138. The van der Waals surface area contributed by atoms with E-state index >= 15 is 0 Å². The SMILES string of the molecule is Cc1ccc(S(=O)(=O)N2CCN(C(=O)C3CCCN(Cc4ccccc4)C3)CC2)cc1C. The fourth-order valence-corrected chi connectivity index (χ4v) is 6.18.